The highest BCUT2D eigenvalue weighted by atomic mass is 35.5. The van der Waals surface area contributed by atoms with Gasteiger partial charge in [0.2, 0.25) is 0 Å². The zero-order valence-corrected chi connectivity index (χ0v) is 9.94. The second-order valence-electron chi connectivity index (χ2n) is 3.90. The normalized spacial score (nSPS) is 13.3. The SMILES string of the molecule is CC(C)C[C@H](N)c1cc(Cl)ccc1Cl. The van der Waals surface area contributed by atoms with Crippen LogP contribution in [0.1, 0.15) is 31.9 Å². The van der Waals surface area contributed by atoms with Gasteiger partial charge in [-0.3, -0.25) is 0 Å². The fourth-order valence-electron chi connectivity index (χ4n) is 1.43. The molecule has 0 saturated carbocycles. The van der Waals surface area contributed by atoms with Gasteiger partial charge in [0.1, 0.15) is 0 Å². The molecule has 0 aliphatic heterocycles. The summed E-state index contributed by atoms with van der Waals surface area (Å²) < 4.78 is 0. The molecule has 1 nitrogen and oxygen atoms in total. The van der Waals surface area contributed by atoms with Gasteiger partial charge in [0, 0.05) is 16.1 Å². The van der Waals surface area contributed by atoms with Crippen molar-refractivity contribution in [2.45, 2.75) is 26.3 Å². The number of benzene rings is 1. The summed E-state index contributed by atoms with van der Waals surface area (Å²) in [5, 5.41) is 1.38. The van der Waals surface area contributed by atoms with Gasteiger partial charge in [0.15, 0.2) is 0 Å². The first kappa shape index (κ1) is 11.8. The molecule has 1 aromatic carbocycles. The van der Waals surface area contributed by atoms with E-state index in [1.54, 1.807) is 12.1 Å². The van der Waals surface area contributed by atoms with E-state index in [-0.39, 0.29) is 6.04 Å². The lowest BCUT2D eigenvalue weighted by Gasteiger charge is -2.16. The van der Waals surface area contributed by atoms with Gasteiger partial charge in [-0.1, -0.05) is 37.0 Å². The van der Waals surface area contributed by atoms with Crippen molar-refractivity contribution in [3.8, 4) is 0 Å². The molecule has 0 amide bonds. The molecule has 14 heavy (non-hydrogen) atoms. The Bertz CT molecular complexity index is 310. The first-order chi connectivity index (χ1) is 6.50. The predicted molar refractivity (Wildman–Crippen MR) is 62.8 cm³/mol. The molecule has 0 spiro atoms. The molecule has 0 radical (unpaired) electrons. The van der Waals surface area contributed by atoms with Crippen molar-refractivity contribution in [2.75, 3.05) is 0 Å². The summed E-state index contributed by atoms with van der Waals surface area (Å²) in [6.45, 7) is 4.27. The molecule has 1 atom stereocenters. The smallest absolute Gasteiger partial charge is 0.0454 e. The molecule has 0 bridgehead atoms. The minimum Gasteiger partial charge on any atom is -0.324 e. The quantitative estimate of drug-likeness (QED) is 0.836. The highest BCUT2D eigenvalue weighted by molar-refractivity contribution is 6.33. The first-order valence-electron chi connectivity index (χ1n) is 4.71. The first-order valence-corrected chi connectivity index (χ1v) is 5.47. The van der Waals surface area contributed by atoms with Gasteiger partial charge < -0.3 is 5.73 Å². The third kappa shape index (κ3) is 3.16. The lowest BCUT2D eigenvalue weighted by atomic mass is 9.98. The third-order valence-corrected chi connectivity index (χ3v) is 2.66. The maximum Gasteiger partial charge on any atom is 0.0454 e. The third-order valence-electron chi connectivity index (χ3n) is 2.08. The van der Waals surface area contributed by atoms with Crippen LogP contribution in [-0.4, -0.2) is 0 Å². The van der Waals surface area contributed by atoms with E-state index >= 15 is 0 Å². The Morgan fingerprint density at radius 2 is 1.93 bits per heavy atom. The molecule has 0 unspecified atom stereocenters. The standard InChI is InChI=1S/C11H15Cl2N/c1-7(2)5-11(14)9-6-8(12)3-4-10(9)13/h3-4,6-7,11H,5,14H2,1-2H3/t11-/m0/s1. The van der Waals surface area contributed by atoms with E-state index in [1.807, 2.05) is 6.07 Å². The highest BCUT2D eigenvalue weighted by Gasteiger charge is 2.12. The lowest BCUT2D eigenvalue weighted by Crippen LogP contribution is -2.13. The van der Waals surface area contributed by atoms with Gasteiger partial charge in [-0.05, 0) is 36.1 Å². The van der Waals surface area contributed by atoms with E-state index in [0.717, 1.165) is 12.0 Å². The van der Waals surface area contributed by atoms with Crippen LogP contribution in [0.3, 0.4) is 0 Å². The summed E-state index contributed by atoms with van der Waals surface area (Å²) in [6.07, 6.45) is 0.917. The molecule has 0 fully saturated rings. The summed E-state index contributed by atoms with van der Waals surface area (Å²) in [5.74, 6) is 0.556. The fraction of sp³-hybridized carbons (Fsp3) is 0.455. The van der Waals surface area contributed by atoms with Crippen LogP contribution in [0.4, 0.5) is 0 Å². The van der Waals surface area contributed by atoms with E-state index in [4.69, 9.17) is 28.9 Å². The molecular formula is C11H15Cl2N. The Kier molecular flexibility index (Phi) is 4.24. The van der Waals surface area contributed by atoms with E-state index in [9.17, 15) is 0 Å². The van der Waals surface area contributed by atoms with Gasteiger partial charge in [-0.2, -0.15) is 0 Å². The van der Waals surface area contributed by atoms with Crippen LogP contribution >= 0.6 is 23.2 Å². The van der Waals surface area contributed by atoms with Crippen LogP contribution in [-0.2, 0) is 0 Å². The second-order valence-corrected chi connectivity index (χ2v) is 4.75. The zero-order valence-electron chi connectivity index (χ0n) is 8.43. The molecule has 78 valence electrons. The molecule has 0 saturated heterocycles. The predicted octanol–water partition coefficient (Wildman–Crippen LogP) is 4.04. The summed E-state index contributed by atoms with van der Waals surface area (Å²) in [6, 6.07) is 5.38. The van der Waals surface area contributed by atoms with Gasteiger partial charge in [0.05, 0.1) is 0 Å². The van der Waals surface area contributed by atoms with E-state index in [0.29, 0.717) is 16.0 Å². The van der Waals surface area contributed by atoms with Crippen molar-refractivity contribution in [3.63, 3.8) is 0 Å². The molecule has 0 aliphatic rings. The summed E-state index contributed by atoms with van der Waals surface area (Å²) in [4.78, 5) is 0. The average molecular weight is 232 g/mol. The Balaban J connectivity index is 2.88. The second kappa shape index (κ2) is 5.01. The van der Waals surface area contributed by atoms with Crippen LogP contribution in [0.15, 0.2) is 18.2 Å². The Morgan fingerprint density at radius 3 is 2.50 bits per heavy atom. The van der Waals surface area contributed by atoms with Gasteiger partial charge >= 0.3 is 0 Å². The van der Waals surface area contributed by atoms with Crippen molar-refractivity contribution < 1.29 is 0 Å². The van der Waals surface area contributed by atoms with Crippen LogP contribution in [0.25, 0.3) is 0 Å². The van der Waals surface area contributed by atoms with Crippen LogP contribution in [0.5, 0.6) is 0 Å². The van der Waals surface area contributed by atoms with Crippen molar-refractivity contribution in [2.24, 2.45) is 11.7 Å². The number of hydrogen-bond donors (Lipinski definition) is 1. The van der Waals surface area contributed by atoms with Crippen LogP contribution < -0.4 is 5.73 Å². The number of rotatable bonds is 3. The van der Waals surface area contributed by atoms with Gasteiger partial charge in [-0.25, -0.2) is 0 Å². The largest absolute Gasteiger partial charge is 0.324 e. The minimum atomic E-state index is -0.0267. The average Bonchev–Trinajstić information content (AvgIpc) is 2.08. The van der Waals surface area contributed by atoms with Crippen molar-refractivity contribution >= 4 is 23.2 Å². The molecule has 1 aromatic rings. The highest BCUT2D eigenvalue weighted by Crippen LogP contribution is 2.28. The maximum atomic E-state index is 6.04. The Hall–Kier alpha value is -0.240. The lowest BCUT2D eigenvalue weighted by molar-refractivity contribution is 0.510. The maximum absolute atomic E-state index is 6.04. The van der Waals surface area contributed by atoms with Crippen LogP contribution in [0, 0.1) is 5.92 Å². The van der Waals surface area contributed by atoms with E-state index < -0.39 is 0 Å². The monoisotopic (exact) mass is 231 g/mol. The minimum absolute atomic E-state index is 0.0267. The van der Waals surface area contributed by atoms with Crippen molar-refractivity contribution in [1.82, 2.24) is 0 Å². The molecule has 0 heterocycles. The number of hydrogen-bond acceptors (Lipinski definition) is 1. The van der Waals surface area contributed by atoms with Gasteiger partial charge in [-0.15, -0.1) is 0 Å². The Labute approximate surface area is 95.2 Å². The number of nitrogens with two attached hydrogens (primary N) is 1. The summed E-state index contributed by atoms with van der Waals surface area (Å²) in [7, 11) is 0. The van der Waals surface area contributed by atoms with Crippen molar-refractivity contribution in [1.29, 1.82) is 0 Å². The van der Waals surface area contributed by atoms with E-state index in [2.05, 4.69) is 13.8 Å². The number of halogens is 2. The zero-order chi connectivity index (χ0) is 10.7. The summed E-state index contributed by atoms with van der Waals surface area (Å²) >= 11 is 11.9. The molecular weight excluding hydrogens is 217 g/mol. The van der Waals surface area contributed by atoms with Gasteiger partial charge in [0.25, 0.3) is 0 Å². The van der Waals surface area contributed by atoms with E-state index in [1.165, 1.54) is 0 Å². The molecule has 2 N–H and O–H groups in total. The summed E-state index contributed by atoms with van der Waals surface area (Å²) in [5.41, 5.74) is 6.96. The topological polar surface area (TPSA) is 26.0 Å². The molecule has 0 aromatic heterocycles. The van der Waals surface area contributed by atoms with Crippen LogP contribution in [0.2, 0.25) is 10.0 Å². The van der Waals surface area contributed by atoms with Crippen molar-refractivity contribution in [3.05, 3.63) is 33.8 Å². The molecule has 0 aliphatic carbocycles. The Morgan fingerprint density at radius 1 is 1.29 bits per heavy atom. The molecule has 3 heteroatoms. The molecule has 1 rings (SSSR count). The fourth-order valence-corrected chi connectivity index (χ4v) is 1.87.